The smallest absolute Gasteiger partial charge is 0.225 e. The van der Waals surface area contributed by atoms with Crippen LogP contribution in [0.4, 0.5) is 0 Å². The molecule has 1 heterocycles. The lowest BCUT2D eigenvalue weighted by molar-refractivity contribution is -0.137. The molecule has 2 fully saturated rings. The standard InChI is InChI=1S/C14H26N2O2/c1-10-8-12(15)2-3-13(10)14(18)16-6-4-11(9-16)5-7-17/h10-13,17H,2-9,15H2,1H3. The highest BCUT2D eigenvalue weighted by molar-refractivity contribution is 5.79. The molecule has 4 nitrogen and oxygen atoms in total. The highest BCUT2D eigenvalue weighted by atomic mass is 16.3. The Morgan fingerprint density at radius 2 is 2.17 bits per heavy atom. The maximum absolute atomic E-state index is 12.5. The predicted octanol–water partition coefficient (Wildman–Crippen LogP) is 0.981. The van der Waals surface area contributed by atoms with E-state index in [1.54, 1.807) is 0 Å². The van der Waals surface area contributed by atoms with Crippen molar-refractivity contribution in [2.75, 3.05) is 19.7 Å². The van der Waals surface area contributed by atoms with Gasteiger partial charge in [-0.25, -0.2) is 0 Å². The van der Waals surface area contributed by atoms with Crippen molar-refractivity contribution >= 4 is 5.91 Å². The molecule has 2 aliphatic rings. The fourth-order valence-corrected chi connectivity index (χ4v) is 3.49. The molecular formula is C14H26N2O2. The molecule has 0 aromatic rings. The summed E-state index contributed by atoms with van der Waals surface area (Å²) in [5.41, 5.74) is 5.95. The molecule has 4 atom stereocenters. The third-order valence-electron chi connectivity index (χ3n) is 4.66. The van der Waals surface area contributed by atoms with Crippen molar-refractivity contribution in [2.24, 2.45) is 23.5 Å². The van der Waals surface area contributed by atoms with Gasteiger partial charge in [0.05, 0.1) is 0 Å². The van der Waals surface area contributed by atoms with Gasteiger partial charge in [-0.1, -0.05) is 6.92 Å². The first-order chi connectivity index (χ1) is 8.61. The molecule has 3 N–H and O–H groups in total. The van der Waals surface area contributed by atoms with Crippen LogP contribution in [0.15, 0.2) is 0 Å². The second-order valence-electron chi connectivity index (χ2n) is 6.11. The topological polar surface area (TPSA) is 66.6 Å². The van der Waals surface area contributed by atoms with Crippen molar-refractivity contribution in [3.05, 3.63) is 0 Å². The highest BCUT2D eigenvalue weighted by Gasteiger charge is 2.36. The quantitative estimate of drug-likeness (QED) is 0.789. The van der Waals surface area contributed by atoms with Gasteiger partial charge in [0.15, 0.2) is 0 Å². The first kappa shape index (κ1) is 13.8. The molecule has 4 unspecified atom stereocenters. The Labute approximate surface area is 110 Å². The van der Waals surface area contributed by atoms with Crippen LogP contribution in [0.2, 0.25) is 0 Å². The number of amides is 1. The van der Waals surface area contributed by atoms with Crippen LogP contribution in [-0.2, 0) is 4.79 Å². The van der Waals surface area contributed by atoms with E-state index in [9.17, 15) is 4.79 Å². The molecule has 1 saturated carbocycles. The summed E-state index contributed by atoms with van der Waals surface area (Å²) in [6.07, 6.45) is 4.78. The Morgan fingerprint density at radius 3 is 2.83 bits per heavy atom. The van der Waals surface area contributed by atoms with Gasteiger partial charge < -0.3 is 15.7 Å². The minimum Gasteiger partial charge on any atom is -0.396 e. The molecule has 18 heavy (non-hydrogen) atoms. The van der Waals surface area contributed by atoms with E-state index in [-0.39, 0.29) is 18.6 Å². The minimum atomic E-state index is 0.178. The molecule has 0 radical (unpaired) electrons. The summed E-state index contributed by atoms with van der Waals surface area (Å²) in [4.78, 5) is 14.5. The van der Waals surface area contributed by atoms with E-state index in [0.717, 1.165) is 45.2 Å². The summed E-state index contributed by atoms with van der Waals surface area (Å²) in [5, 5.41) is 8.95. The Morgan fingerprint density at radius 1 is 1.39 bits per heavy atom. The Kier molecular flexibility index (Phi) is 4.62. The van der Waals surface area contributed by atoms with Crippen LogP contribution in [-0.4, -0.2) is 41.7 Å². The summed E-state index contributed by atoms with van der Waals surface area (Å²) >= 11 is 0. The number of nitrogens with zero attached hydrogens (tertiary/aromatic N) is 1. The number of aliphatic hydroxyl groups is 1. The summed E-state index contributed by atoms with van der Waals surface area (Å²) in [5.74, 6) is 1.42. The monoisotopic (exact) mass is 254 g/mol. The molecule has 4 heteroatoms. The van der Waals surface area contributed by atoms with E-state index in [0.29, 0.717) is 17.7 Å². The van der Waals surface area contributed by atoms with Crippen molar-refractivity contribution < 1.29 is 9.90 Å². The van der Waals surface area contributed by atoms with Crippen LogP contribution in [0, 0.1) is 17.8 Å². The lowest BCUT2D eigenvalue weighted by Gasteiger charge is -2.34. The van der Waals surface area contributed by atoms with Crippen LogP contribution >= 0.6 is 0 Å². The van der Waals surface area contributed by atoms with E-state index >= 15 is 0 Å². The molecule has 0 aromatic carbocycles. The van der Waals surface area contributed by atoms with Gasteiger partial charge in [0.1, 0.15) is 0 Å². The Balaban J connectivity index is 1.88. The summed E-state index contributed by atoms with van der Waals surface area (Å²) in [7, 11) is 0. The number of aliphatic hydroxyl groups excluding tert-OH is 1. The number of likely N-dealkylation sites (tertiary alicyclic amines) is 1. The summed E-state index contributed by atoms with van der Waals surface area (Å²) < 4.78 is 0. The summed E-state index contributed by atoms with van der Waals surface area (Å²) in [6, 6.07) is 0.282. The van der Waals surface area contributed by atoms with E-state index < -0.39 is 0 Å². The maximum Gasteiger partial charge on any atom is 0.225 e. The third-order valence-corrected chi connectivity index (χ3v) is 4.66. The highest BCUT2D eigenvalue weighted by Crippen LogP contribution is 2.32. The SMILES string of the molecule is CC1CC(N)CCC1C(=O)N1CCC(CCO)C1. The molecule has 1 saturated heterocycles. The van der Waals surface area contributed by atoms with E-state index in [1.807, 2.05) is 4.90 Å². The zero-order valence-corrected chi connectivity index (χ0v) is 11.3. The van der Waals surface area contributed by atoms with Gasteiger partial charge in [-0.3, -0.25) is 4.79 Å². The van der Waals surface area contributed by atoms with Gasteiger partial charge in [-0.2, -0.15) is 0 Å². The molecule has 1 amide bonds. The van der Waals surface area contributed by atoms with Crippen molar-refractivity contribution in [3.63, 3.8) is 0 Å². The number of rotatable bonds is 3. The molecule has 1 aliphatic heterocycles. The number of carbonyl (C=O) groups excluding carboxylic acids is 1. The molecule has 0 bridgehead atoms. The lowest BCUT2D eigenvalue weighted by atomic mass is 9.77. The second-order valence-corrected chi connectivity index (χ2v) is 6.11. The number of hydrogen-bond acceptors (Lipinski definition) is 3. The predicted molar refractivity (Wildman–Crippen MR) is 70.9 cm³/mol. The van der Waals surface area contributed by atoms with Crippen LogP contribution < -0.4 is 5.73 Å². The zero-order valence-electron chi connectivity index (χ0n) is 11.3. The van der Waals surface area contributed by atoms with Crippen molar-refractivity contribution in [2.45, 2.75) is 45.1 Å². The van der Waals surface area contributed by atoms with Crippen LogP contribution in [0.25, 0.3) is 0 Å². The minimum absolute atomic E-state index is 0.178. The first-order valence-corrected chi connectivity index (χ1v) is 7.27. The maximum atomic E-state index is 12.5. The fourth-order valence-electron chi connectivity index (χ4n) is 3.49. The molecule has 0 aromatic heterocycles. The van der Waals surface area contributed by atoms with Crippen molar-refractivity contribution in [1.82, 2.24) is 4.90 Å². The molecule has 0 spiro atoms. The molecular weight excluding hydrogens is 228 g/mol. The third kappa shape index (κ3) is 3.04. The van der Waals surface area contributed by atoms with E-state index in [1.165, 1.54) is 0 Å². The van der Waals surface area contributed by atoms with E-state index in [4.69, 9.17) is 10.8 Å². The number of hydrogen-bond donors (Lipinski definition) is 2. The normalized spacial score (nSPS) is 36.9. The second kappa shape index (κ2) is 6.02. The van der Waals surface area contributed by atoms with Crippen LogP contribution in [0.1, 0.15) is 39.0 Å². The molecule has 104 valence electrons. The van der Waals surface area contributed by atoms with Crippen molar-refractivity contribution in [1.29, 1.82) is 0 Å². The average Bonchev–Trinajstić information content (AvgIpc) is 2.77. The Bertz CT molecular complexity index is 296. The van der Waals surface area contributed by atoms with Gasteiger partial charge in [0.25, 0.3) is 0 Å². The van der Waals surface area contributed by atoms with E-state index in [2.05, 4.69) is 6.92 Å². The summed E-state index contributed by atoms with van der Waals surface area (Å²) in [6.45, 7) is 4.11. The van der Waals surface area contributed by atoms with Gasteiger partial charge in [0, 0.05) is 31.7 Å². The zero-order chi connectivity index (χ0) is 13.1. The van der Waals surface area contributed by atoms with Gasteiger partial charge >= 0.3 is 0 Å². The lowest BCUT2D eigenvalue weighted by Crippen LogP contribution is -2.42. The largest absolute Gasteiger partial charge is 0.396 e. The van der Waals surface area contributed by atoms with Crippen LogP contribution in [0.3, 0.4) is 0 Å². The van der Waals surface area contributed by atoms with Gasteiger partial charge in [-0.05, 0) is 43.9 Å². The average molecular weight is 254 g/mol. The van der Waals surface area contributed by atoms with Gasteiger partial charge in [0.2, 0.25) is 5.91 Å². The number of carbonyl (C=O) groups is 1. The first-order valence-electron chi connectivity index (χ1n) is 7.27. The van der Waals surface area contributed by atoms with Gasteiger partial charge in [-0.15, -0.1) is 0 Å². The van der Waals surface area contributed by atoms with Crippen LogP contribution in [0.5, 0.6) is 0 Å². The molecule has 2 rings (SSSR count). The number of nitrogens with two attached hydrogens (primary N) is 1. The Hall–Kier alpha value is -0.610. The van der Waals surface area contributed by atoms with Crippen molar-refractivity contribution in [3.8, 4) is 0 Å². The fraction of sp³-hybridized carbons (Fsp3) is 0.929. The molecule has 1 aliphatic carbocycles.